The molecule has 1 N–H and O–H groups in total. The first kappa shape index (κ1) is 18.0. The number of likely N-dealkylation sites (tertiary alicyclic amines) is 2. The fourth-order valence-corrected chi connectivity index (χ4v) is 3.40. The summed E-state index contributed by atoms with van der Waals surface area (Å²) in [4.78, 5) is 28.4. The van der Waals surface area contributed by atoms with Crippen molar-refractivity contribution >= 4 is 11.8 Å². The number of nitrogens with one attached hydrogen (secondary N) is 1. The van der Waals surface area contributed by atoms with E-state index in [9.17, 15) is 9.59 Å². The van der Waals surface area contributed by atoms with Crippen LogP contribution in [0.4, 0.5) is 0 Å². The summed E-state index contributed by atoms with van der Waals surface area (Å²) in [5.74, 6) is -0.304. The smallest absolute Gasteiger partial charge is 0.311 e. The van der Waals surface area contributed by atoms with Crippen molar-refractivity contribution in [1.29, 1.82) is 0 Å². The van der Waals surface area contributed by atoms with Crippen LogP contribution in [0.25, 0.3) is 0 Å². The van der Waals surface area contributed by atoms with Crippen LogP contribution < -0.4 is 5.32 Å². The highest BCUT2D eigenvalue weighted by Gasteiger charge is 2.26. The van der Waals surface area contributed by atoms with E-state index in [-0.39, 0.29) is 5.91 Å². The zero-order chi connectivity index (χ0) is 16.7. The average Bonchev–Trinajstić information content (AvgIpc) is 2.83. The van der Waals surface area contributed by atoms with Crippen LogP contribution in [0.2, 0.25) is 0 Å². The second-order valence-corrected chi connectivity index (χ2v) is 6.94. The predicted octanol–water partition coefficient (Wildman–Crippen LogP) is 1.79. The van der Waals surface area contributed by atoms with Crippen molar-refractivity contribution in [3.8, 4) is 0 Å². The number of nitrogens with zero attached hydrogens (tertiary/aromatic N) is 2. The van der Waals surface area contributed by atoms with Crippen LogP contribution in [-0.4, -0.2) is 60.9 Å². The van der Waals surface area contributed by atoms with E-state index in [1.165, 1.54) is 5.57 Å². The minimum absolute atomic E-state index is 0.341. The Bertz CT molecular complexity index is 440. The Morgan fingerprint density at radius 2 is 1.83 bits per heavy atom. The summed E-state index contributed by atoms with van der Waals surface area (Å²) in [6.07, 6.45) is 7.59. The van der Waals surface area contributed by atoms with Gasteiger partial charge >= 0.3 is 11.8 Å². The van der Waals surface area contributed by atoms with Gasteiger partial charge in [-0.25, -0.2) is 0 Å². The number of allylic oxidation sites excluding steroid dienone is 1. The van der Waals surface area contributed by atoms with Crippen LogP contribution in [0.1, 0.15) is 46.0 Å². The number of rotatable bonds is 4. The van der Waals surface area contributed by atoms with Gasteiger partial charge in [0.05, 0.1) is 0 Å². The number of hydrogen-bond donors (Lipinski definition) is 1. The van der Waals surface area contributed by atoms with E-state index in [0.717, 1.165) is 64.8 Å². The minimum atomic E-state index is -0.421. The molecule has 0 saturated carbocycles. The third kappa shape index (κ3) is 5.65. The summed E-state index contributed by atoms with van der Waals surface area (Å²) >= 11 is 0. The summed E-state index contributed by atoms with van der Waals surface area (Å²) in [5.41, 5.74) is 1.38. The lowest BCUT2D eigenvalue weighted by Gasteiger charge is -2.20. The first-order valence-electron chi connectivity index (χ1n) is 9.01. The van der Waals surface area contributed by atoms with Crippen LogP contribution >= 0.6 is 0 Å². The van der Waals surface area contributed by atoms with Gasteiger partial charge in [0.2, 0.25) is 0 Å². The van der Waals surface area contributed by atoms with Crippen molar-refractivity contribution in [3.63, 3.8) is 0 Å². The SMILES string of the molecule is C/C=C(\C)CN1CC[C@H](CNC(=O)C(=O)N2CCCCCC2)C1. The lowest BCUT2D eigenvalue weighted by atomic mass is 10.1. The predicted molar refractivity (Wildman–Crippen MR) is 92.0 cm³/mol. The monoisotopic (exact) mass is 321 g/mol. The lowest BCUT2D eigenvalue weighted by molar-refractivity contribution is -0.145. The Morgan fingerprint density at radius 1 is 1.13 bits per heavy atom. The zero-order valence-corrected chi connectivity index (χ0v) is 14.6. The zero-order valence-electron chi connectivity index (χ0n) is 14.6. The molecule has 23 heavy (non-hydrogen) atoms. The van der Waals surface area contributed by atoms with E-state index in [4.69, 9.17) is 0 Å². The highest BCUT2D eigenvalue weighted by Crippen LogP contribution is 2.16. The highest BCUT2D eigenvalue weighted by atomic mass is 16.2. The molecule has 0 aromatic heterocycles. The molecule has 5 nitrogen and oxygen atoms in total. The van der Waals surface area contributed by atoms with Gasteiger partial charge in [-0.1, -0.05) is 24.5 Å². The molecule has 0 aromatic rings. The third-order valence-corrected chi connectivity index (χ3v) is 4.97. The molecule has 2 aliphatic heterocycles. The molecule has 0 unspecified atom stereocenters. The Kier molecular flexibility index (Phi) is 7.09. The van der Waals surface area contributed by atoms with Crippen molar-refractivity contribution in [2.24, 2.45) is 5.92 Å². The molecular formula is C18H31N3O2. The van der Waals surface area contributed by atoms with Gasteiger partial charge in [0.1, 0.15) is 0 Å². The number of hydrogen-bond acceptors (Lipinski definition) is 3. The third-order valence-electron chi connectivity index (χ3n) is 4.97. The average molecular weight is 321 g/mol. The Balaban J connectivity index is 1.71. The summed E-state index contributed by atoms with van der Waals surface area (Å²) in [6.45, 7) is 9.37. The molecule has 0 aliphatic carbocycles. The largest absolute Gasteiger partial charge is 0.348 e. The minimum Gasteiger partial charge on any atom is -0.348 e. The fraction of sp³-hybridized carbons (Fsp3) is 0.778. The second kappa shape index (κ2) is 9.06. The van der Waals surface area contributed by atoms with Crippen LogP contribution in [-0.2, 0) is 9.59 Å². The molecular weight excluding hydrogens is 290 g/mol. The van der Waals surface area contributed by atoms with E-state index in [1.807, 2.05) is 0 Å². The van der Waals surface area contributed by atoms with Crippen molar-refractivity contribution in [2.45, 2.75) is 46.0 Å². The Morgan fingerprint density at radius 3 is 2.48 bits per heavy atom. The molecule has 0 bridgehead atoms. The fourth-order valence-electron chi connectivity index (χ4n) is 3.40. The van der Waals surface area contributed by atoms with Crippen LogP contribution in [0.3, 0.4) is 0 Å². The maximum atomic E-state index is 12.2. The van der Waals surface area contributed by atoms with E-state index in [1.54, 1.807) is 4.90 Å². The summed E-state index contributed by atoms with van der Waals surface area (Å²) in [6, 6.07) is 0. The highest BCUT2D eigenvalue weighted by molar-refractivity contribution is 6.35. The van der Waals surface area contributed by atoms with Crippen LogP contribution in [0.5, 0.6) is 0 Å². The van der Waals surface area contributed by atoms with Gasteiger partial charge in [-0.3, -0.25) is 14.5 Å². The molecule has 2 aliphatic rings. The molecule has 2 rings (SSSR count). The molecule has 0 radical (unpaired) electrons. The first-order valence-corrected chi connectivity index (χ1v) is 9.01. The summed E-state index contributed by atoms with van der Waals surface area (Å²) in [5, 5.41) is 2.86. The topological polar surface area (TPSA) is 52.7 Å². The second-order valence-electron chi connectivity index (χ2n) is 6.94. The lowest BCUT2D eigenvalue weighted by Crippen LogP contribution is -2.44. The molecule has 2 saturated heterocycles. The summed E-state index contributed by atoms with van der Waals surface area (Å²) in [7, 11) is 0. The molecule has 2 amide bonds. The van der Waals surface area contributed by atoms with Gasteiger partial charge in [0.15, 0.2) is 0 Å². The van der Waals surface area contributed by atoms with Gasteiger partial charge in [0.25, 0.3) is 0 Å². The standard InChI is InChI=1S/C18H31N3O2/c1-3-15(2)13-20-11-8-16(14-20)12-19-17(22)18(23)21-9-6-4-5-7-10-21/h3,16H,4-14H2,1-2H3,(H,19,22)/b15-3+/t16-/m1/s1. The quantitative estimate of drug-likeness (QED) is 0.634. The molecule has 130 valence electrons. The van der Waals surface area contributed by atoms with E-state index in [0.29, 0.717) is 12.5 Å². The van der Waals surface area contributed by atoms with Gasteiger partial charge in [0, 0.05) is 32.7 Å². The van der Waals surface area contributed by atoms with Gasteiger partial charge in [-0.05, 0) is 45.6 Å². The van der Waals surface area contributed by atoms with Crippen LogP contribution in [0.15, 0.2) is 11.6 Å². The maximum Gasteiger partial charge on any atom is 0.311 e. The maximum absolute atomic E-state index is 12.2. The summed E-state index contributed by atoms with van der Waals surface area (Å²) < 4.78 is 0. The van der Waals surface area contributed by atoms with Crippen molar-refractivity contribution in [3.05, 3.63) is 11.6 Å². The molecule has 0 spiro atoms. The Hall–Kier alpha value is -1.36. The van der Waals surface area contributed by atoms with Crippen molar-refractivity contribution in [2.75, 3.05) is 39.3 Å². The normalized spacial score (nSPS) is 23.7. The molecule has 2 fully saturated rings. The van der Waals surface area contributed by atoms with E-state index >= 15 is 0 Å². The van der Waals surface area contributed by atoms with Crippen LogP contribution in [0, 0.1) is 5.92 Å². The Labute approximate surface area is 140 Å². The number of carbonyl (C=O) groups is 2. The molecule has 2 heterocycles. The first-order chi connectivity index (χ1) is 11.1. The van der Waals surface area contributed by atoms with Gasteiger partial charge < -0.3 is 10.2 Å². The number of carbonyl (C=O) groups excluding carboxylic acids is 2. The van der Waals surface area contributed by atoms with E-state index < -0.39 is 5.91 Å². The van der Waals surface area contributed by atoms with Crippen molar-refractivity contribution < 1.29 is 9.59 Å². The molecule has 1 atom stereocenters. The van der Waals surface area contributed by atoms with Crippen molar-refractivity contribution in [1.82, 2.24) is 15.1 Å². The molecule has 0 aromatic carbocycles. The molecule has 5 heteroatoms. The number of amides is 2. The van der Waals surface area contributed by atoms with E-state index in [2.05, 4.69) is 30.1 Å². The van der Waals surface area contributed by atoms with Gasteiger partial charge in [-0.2, -0.15) is 0 Å². The van der Waals surface area contributed by atoms with Gasteiger partial charge in [-0.15, -0.1) is 0 Å².